The maximum atomic E-state index is 11.4. The molecule has 0 fully saturated rings. The monoisotopic (exact) mass is 237 g/mol. The fourth-order valence-electron chi connectivity index (χ4n) is 1.79. The average molecular weight is 237 g/mol. The van der Waals surface area contributed by atoms with E-state index in [9.17, 15) is 14.7 Å². The number of rotatable bonds is 9. The van der Waals surface area contributed by atoms with Gasteiger partial charge in [-0.3, -0.25) is 4.79 Å². The van der Waals surface area contributed by atoms with Gasteiger partial charge in [-0.25, -0.2) is 4.79 Å². The minimum absolute atomic E-state index is 0.390. The van der Waals surface area contributed by atoms with E-state index in [2.05, 4.69) is 18.2 Å². The fourth-order valence-corrected chi connectivity index (χ4v) is 1.79. The number of unbranched alkanes of at least 4 members (excludes halogenated alkanes) is 2. The normalized spacial score (nSPS) is 15.1. The first-order chi connectivity index (χ1) is 8.08. The minimum atomic E-state index is -1.26. The Balaban J connectivity index is 5.17. The van der Waals surface area contributed by atoms with E-state index >= 15 is 0 Å². The molecule has 0 radical (unpaired) electrons. The summed E-state index contributed by atoms with van der Waals surface area (Å²) in [6.07, 6.45) is 7.15. The molecule has 0 rings (SSSR count). The molecule has 0 aliphatic heterocycles. The maximum Gasteiger partial charge on any atom is 0.316 e. The first-order valence-corrected chi connectivity index (χ1v) is 5.65. The molecule has 0 saturated heterocycles. The van der Waals surface area contributed by atoms with Crippen molar-refractivity contribution >= 4 is 12.0 Å². The summed E-state index contributed by atoms with van der Waals surface area (Å²) in [4.78, 5) is 25.2. The second-order valence-electron chi connectivity index (χ2n) is 3.91. The Morgan fingerprint density at radius 2 is 2.18 bits per heavy atom. The maximum absolute atomic E-state index is 11.4. The summed E-state index contributed by atoms with van der Waals surface area (Å²) < 4.78 is 0. The van der Waals surface area contributed by atoms with Crippen LogP contribution in [-0.2, 0) is 9.59 Å². The Morgan fingerprint density at radius 3 is 2.53 bits per heavy atom. The van der Waals surface area contributed by atoms with Crippen LogP contribution in [0.2, 0.25) is 0 Å². The molecule has 0 aliphatic rings. The van der Waals surface area contributed by atoms with E-state index < -0.39 is 17.4 Å². The van der Waals surface area contributed by atoms with Gasteiger partial charge in [-0.05, 0) is 6.42 Å². The molecule has 2 atom stereocenters. The predicted molar refractivity (Wildman–Crippen MR) is 66.5 cm³/mol. The largest absolute Gasteiger partial charge is 0.481 e. The van der Waals surface area contributed by atoms with E-state index in [1.54, 1.807) is 0 Å². The van der Waals surface area contributed by atoms with Crippen molar-refractivity contribution in [2.24, 2.45) is 10.4 Å². The standard InChI is InChI=1S/C13H19NO3/c1-4-7-8-9-13(6-3,12(16)17)11(5-2)14-10-15/h5-6,11H,2-4,7-9H2,1H3,(H,16,17). The molecule has 0 aromatic heterocycles. The molecule has 0 aliphatic carbocycles. The van der Waals surface area contributed by atoms with Crippen LogP contribution in [-0.4, -0.2) is 23.2 Å². The van der Waals surface area contributed by atoms with Crippen LogP contribution in [0.5, 0.6) is 0 Å². The average Bonchev–Trinajstić information content (AvgIpc) is 2.32. The zero-order chi connectivity index (χ0) is 13.3. The van der Waals surface area contributed by atoms with Gasteiger partial charge in [-0.15, -0.1) is 13.2 Å². The van der Waals surface area contributed by atoms with Crippen LogP contribution >= 0.6 is 0 Å². The quantitative estimate of drug-likeness (QED) is 0.290. The lowest BCUT2D eigenvalue weighted by Crippen LogP contribution is -2.38. The van der Waals surface area contributed by atoms with E-state index in [-0.39, 0.29) is 0 Å². The van der Waals surface area contributed by atoms with Gasteiger partial charge in [0.15, 0.2) is 0 Å². The summed E-state index contributed by atoms with van der Waals surface area (Å²) in [7, 11) is 0. The molecule has 0 amide bonds. The van der Waals surface area contributed by atoms with Gasteiger partial charge in [0.1, 0.15) is 5.41 Å². The van der Waals surface area contributed by atoms with Crippen LogP contribution in [0.1, 0.15) is 32.6 Å². The highest BCUT2D eigenvalue weighted by atomic mass is 16.4. The topological polar surface area (TPSA) is 66.7 Å². The van der Waals surface area contributed by atoms with Crippen LogP contribution in [0.3, 0.4) is 0 Å². The third-order valence-corrected chi connectivity index (χ3v) is 2.90. The Labute approximate surface area is 102 Å². The van der Waals surface area contributed by atoms with E-state index in [0.717, 1.165) is 19.3 Å². The molecule has 2 unspecified atom stereocenters. The zero-order valence-corrected chi connectivity index (χ0v) is 10.2. The van der Waals surface area contributed by atoms with Gasteiger partial charge < -0.3 is 5.11 Å². The van der Waals surface area contributed by atoms with Gasteiger partial charge in [0.2, 0.25) is 6.08 Å². The second-order valence-corrected chi connectivity index (χ2v) is 3.91. The molecule has 4 heteroatoms. The molecular formula is C13H19NO3. The van der Waals surface area contributed by atoms with Gasteiger partial charge >= 0.3 is 5.97 Å². The molecular weight excluding hydrogens is 218 g/mol. The highest BCUT2D eigenvalue weighted by molar-refractivity contribution is 5.78. The van der Waals surface area contributed by atoms with Gasteiger partial charge in [-0.2, -0.15) is 4.99 Å². The number of aliphatic carboxylic acids is 1. The number of carboxylic acid groups (broad SMARTS) is 1. The number of aliphatic imine (C=N–C) groups is 1. The summed E-state index contributed by atoms with van der Waals surface area (Å²) in [5, 5.41) is 9.34. The summed E-state index contributed by atoms with van der Waals surface area (Å²) in [5.74, 6) is -1.03. The number of carbonyl (C=O) groups excluding carboxylic acids is 1. The molecule has 17 heavy (non-hydrogen) atoms. The lowest BCUT2D eigenvalue weighted by molar-refractivity contribution is -0.146. The molecule has 1 N–H and O–H groups in total. The van der Waals surface area contributed by atoms with Crippen molar-refractivity contribution in [3.05, 3.63) is 25.3 Å². The van der Waals surface area contributed by atoms with E-state index in [1.807, 2.05) is 6.92 Å². The summed E-state index contributed by atoms with van der Waals surface area (Å²) in [6, 6.07) is -0.813. The first-order valence-electron chi connectivity index (χ1n) is 5.65. The lowest BCUT2D eigenvalue weighted by atomic mass is 9.76. The molecule has 0 saturated carbocycles. The number of isocyanates is 1. The van der Waals surface area contributed by atoms with Gasteiger partial charge in [0.25, 0.3) is 0 Å². The van der Waals surface area contributed by atoms with Crippen molar-refractivity contribution in [3.63, 3.8) is 0 Å². The Morgan fingerprint density at radius 1 is 1.53 bits per heavy atom. The van der Waals surface area contributed by atoms with Gasteiger partial charge in [0.05, 0.1) is 6.04 Å². The molecule has 0 aromatic rings. The number of hydrogen-bond donors (Lipinski definition) is 1. The molecule has 0 spiro atoms. The SMILES string of the molecule is C=CC(N=C=O)C(C=C)(CCCCC)C(=O)O. The smallest absolute Gasteiger partial charge is 0.316 e. The Kier molecular flexibility index (Phi) is 6.83. The number of carbonyl (C=O) groups is 1. The fraction of sp³-hybridized carbons (Fsp3) is 0.538. The summed E-state index contributed by atoms with van der Waals surface area (Å²) in [5.41, 5.74) is -1.26. The summed E-state index contributed by atoms with van der Waals surface area (Å²) in [6.45, 7) is 9.12. The van der Waals surface area contributed by atoms with Crippen molar-refractivity contribution in [2.45, 2.75) is 38.6 Å². The Bertz CT molecular complexity index is 332. The zero-order valence-electron chi connectivity index (χ0n) is 10.2. The molecule has 0 aromatic carbocycles. The molecule has 0 bridgehead atoms. The second kappa shape index (κ2) is 7.58. The molecule has 0 heterocycles. The van der Waals surface area contributed by atoms with Crippen molar-refractivity contribution in [1.82, 2.24) is 0 Å². The Hall–Kier alpha value is -1.67. The van der Waals surface area contributed by atoms with Crippen molar-refractivity contribution in [2.75, 3.05) is 0 Å². The third-order valence-electron chi connectivity index (χ3n) is 2.90. The number of carboxylic acids is 1. The van der Waals surface area contributed by atoms with Crippen LogP contribution in [0, 0.1) is 5.41 Å². The lowest BCUT2D eigenvalue weighted by Gasteiger charge is -2.29. The highest BCUT2D eigenvalue weighted by Crippen LogP contribution is 2.33. The first kappa shape index (κ1) is 15.3. The third kappa shape index (κ3) is 3.68. The number of nitrogens with zero attached hydrogens (tertiary/aromatic N) is 1. The van der Waals surface area contributed by atoms with Gasteiger partial charge in [0, 0.05) is 0 Å². The van der Waals surface area contributed by atoms with E-state index in [0.29, 0.717) is 6.42 Å². The summed E-state index contributed by atoms with van der Waals surface area (Å²) >= 11 is 0. The van der Waals surface area contributed by atoms with E-state index in [1.165, 1.54) is 18.2 Å². The van der Waals surface area contributed by atoms with Crippen LogP contribution in [0.25, 0.3) is 0 Å². The number of hydrogen-bond acceptors (Lipinski definition) is 3. The van der Waals surface area contributed by atoms with E-state index in [4.69, 9.17) is 0 Å². The minimum Gasteiger partial charge on any atom is -0.481 e. The molecule has 94 valence electrons. The van der Waals surface area contributed by atoms with Crippen molar-refractivity contribution in [1.29, 1.82) is 0 Å². The van der Waals surface area contributed by atoms with Crippen molar-refractivity contribution < 1.29 is 14.7 Å². The highest BCUT2D eigenvalue weighted by Gasteiger charge is 2.41. The van der Waals surface area contributed by atoms with Crippen LogP contribution in [0.15, 0.2) is 30.3 Å². The molecule has 4 nitrogen and oxygen atoms in total. The van der Waals surface area contributed by atoms with Crippen LogP contribution in [0.4, 0.5) is 0 Å². The van der Waals surface area contributed by atoms with Crippen LogP contribution < -0.4 is 0 Å². The van der Waals surface area contributed by atoms with Crippen molar-refractivity contribution in [3.8, 4) is 0 Å². The van der Waals surface area contributed by atoms with Gasteiger partial charge in [-0.1, -0.05) is 38.3 Å². The predicted octanol–water partition coefficient (Wildman–Crippen LogP) is 2.71.